The molecular formula is C28H25ClF2N4O5. The van der Waals surface area contributed by atoms with E-state index < -0.39 is 29.7 Å². The van der Waals surface area contributed by atoms with Crippen molar-refractivity contribution in [1.82, 2.24) is 19.5 Å². The number of rotatable bonds is 5. The number of nitrogens with zero attached hydrogens (tertiary/aromatic N) is 3. The Kier molecular flexibility index (Phi) is 6.15. The lowest BCUT2D eigenvalue weighted by molar-refractivity contribution is 0.00706. The Morgan fingerprint density at radius 3 is 2.75 bits per heavy atom. The van der Waals surface area contributed by atoms with Crippen LogP contribution in [0.2, 0.25) is 5.02 Å². The molecule has 5 atom stereocenters. The minimum absolute atomic E-state index is 0.142. The summed E-state index contributed by atoms with van der Waals surface area (Å²) in [5.41, 5.74) is 3.29. The van der Waals surface area contributed by atoms with Crippen molar-refractivity contribution in [1.29, 1.82) is 0 Å². The van der Waals surface area contributed by atoms with E-state index in [1.807, 2.05) is 6.07 Å². The summed E-state index contributed by atoms with van der Waals surface area (Å²) in [5, 5.41) is 10.4. The zero-order chi connectivity index (χ0) is 27.7. The number of aliphatic hydroxyl groups is 1. The number of halogens is 3. The molecule has 0 bridgehead atoms. The summed E-state index contributed by atoms with van der Waals surface area (Å²) in [6.45, 7) is 0.475. The molecule has 3 aliphatic rings. The quantitative estimate of drug-likeness (QED) is 0.378. The van der Waals surface area contributed by atoms with Gasteiger partial charge in [-0.05, 0) is 60.1 Å². The van der Waals surface area contributed by atoms with Gasteiger partial charge >= 0.3 is 0 Å². The van der Waals surface area contributed by atoms with Gasteiger partial charge in [0.05, 0.1) is 29.4 Å². The summed E-state index contributed by atoms with van der Waals surface area (Å²) in [6, 6.07) is 6.36. The molecule has 40 heavy (non-hydrogen) atoms. The molecule has 1 aromatic carbocycles. The van der Waals surface area contributed by atoms with Crippen LogP contribution in [0, 0.1) is 11.6 Å². The molecule has 2 N–H and O–H groups in total. The second-order valence-corrected chi connectivity index (χ2v) is 11.0. The number of aromatic amines is 1. The lowest BCUT2D eigenvalue weighted by Gasteiger charge is -2.15. The Morgan fingerprint density at radius 2 is 1.93 bits per heavy atom. The first-order chi connectivity index (χ1) is 19.2. The number of hydrogen-bond acceptors (Lipinski definition) is 7. The molecule has 7 rings (SSSR count). The molecule has 0 saturated carbocycles. The highest BCUT2D eigenvalue weighted by Gasteiger charge is 2.48. The Hall–Kier alpha value is -3.38. The number of aliphatic hydroxyl groups excluding tert-OH is 1. The molecule has 0 radical (unpaired) electrons. The Labute approximate surface area is 231 Å². The average Bonchev–Trinajstić information content (AvgIpc) is 3.69. The first kappa shape index (κ1) is 25.6. The first-order valence-electron chi connectivity index (χ1n) is 13.1. The standard InChI is InChI=1S/C28H25ClF2N4O5/c1-35-9-15(6-18(31)27(35)37)14-4-12-2-3-13(23(12)17(30)5-14)7-19-16(29)8-20-26(32-19)34-28(33-20)40-22-11-39-24-21(36)10-38-25(22)24/h4-6,8-9,13,21-22,24-25,36H,2-3,7,10-11H2,1H3,(H,32,33,34)/t13-,21-,22-,24-,25-/m1/s1. The topological polar surface area (TPSA) is 111 Å². The van der Waals surface area contributed by atoms with Gasteiger partial charge in [0, 0.05) is 18.8 Å². The van der Waals surface area contributed by atoms with E-state index in [1.54, 1.807) is 6.07 Å². The van der Waals surface area contributed by atoms with Crippen molar-refractivity contribution in [2.45, 2.75) is 49.6 Å². The van der Waals surface area contributed by atoms with Crippen LogP contribution < -0.4 is 10.3 Å². The lowest BCUT2D eigenvalue weighted by Crippen LogP contribution is -2.34. The predicted molar refractivity (Wildman–Crippen MR) is 141 cm³/mol. The van der Waals surface area contributed by atoms with Crippen molar-refractivity contribution < 1.29 is 28.1 Å². The van der Waals surface area contributed by atoms with Gasteiger partial charge in [0.15, 0.2) is 17.6 Å². The van der Waals surface area contributed by atoms with Crippen molar-refractivity contribution >= 4 is 22.8 Å². The van der Waals surface area contributed by atoms with Crippen LogP contribution in [-0.4, -0.2) is 62.3 Å². The maximum atomic E-state index is 15.5. The third-order valence-electron chi connectivity index (χ3n) is 8.02. The van der Waals surface area contributed by atoms with Gasteiger partial charge in [-0.25, -0.2) is 13.8 Å². The summed E-state index contributed by atoms with van der Waals surface area (Å²) in [5.74, 6) is -1.40. The van der Waals surface area contributed by atoms with Gasteiger partial charge in [-0.1, -0.05) is 17.7 Å². The fourth-order valence-corrected chi connectivity index (χ4v) is 6.29. The second-order valence-electron chi connectivity index (χ2n) is 10.6. The molecule has 0 spiro atoms. The smallest absolute Gasteiger partial charge is 0.296 e. The molecule has 9 nitrogen and oxygen atoms in total. The molecule has 3 aromatic heterocycles. The number of aromatic nitrogens is 4. The molecule has 5 heterocycles. The van der Waals surface area contributed by atoms with E-state index in [0.717, 1.165) is 16.2 Å². The Balaban J connectivity index is 1.12. The molecule has 0 unspecified atom stereocenters. The average molecular weight is 571 g/mol. The first-order valence-corrected chi connectivity index (χ1v) is 13.4. The number of hydrogen-bond donors (Lipinski definition) is 2. The van der Waals surface area contributed by atoms with Gasteiger partial charge in [-0.15, -0.1) is 0 Å². The lowest BCUT2D eigenvalue weighted by atomic mass is 9.93. The van der Waals surface area contributed by atoms with Crippen LogP contribution in [0.5, 0.6) is 6.01 Å². The van der Waals surface area contributed by atoms with Crippen LogP contribution in [0.3, 0.4) is 0 Å². The number of imidazole rings is 1. The van der Waals surface area contributed by atoms with Gasteiger partial charge in [0.25, 0.3) is 11.6 Å². The molecular weight excluding hydrogens is 546 g/mol. The summed E-state index contributed by atoms with van der Waals surface area (Å²) >= 11 is 6.59. The molecule has 4 aromatic rings. The minimum atomic E-state index is -0.881. The van der Waals surface area contributed by atoms with Crippen LogP contribution in [0.25, 0.3) is 22.3 Å². The van der Waals surface area contributed by atoms with Crippen LogP contribution in [-0.2, 0) is 29.4 Å². The number of aryl methyl sites for hydroxylation is 2. The maximum Gasteiger partial charge on any atom is 0.296 e. The third kappa shape index (κ3) is 4.28. The van der Waals surface area contributed by atoms with Crippen LogP contribution in [0.1, 0.15) is 29.2 Å². The van der Waals surface area contributed by atoms with Crippen molar-refractivity contribution in [3.05, 3.63) is 74.3 Å². The number of H-pyrrole nitrogens is 1. The zero-order valence-corrected chi connectivity index (χ0v) is 22.1. The summed E-state index contributed by atoms with van der Waals surface area (Å²) in [7, 11) is 1.46. The highest BCUT2D eigenvalue weighted by Crippen LogP contribution is 2.40. The van der Waals surface area contributed by atoms with Crippen molar-refractivity contribution in [2.24, 2.45) is 7.05 Å². The minimum Gasteiger partial charge on any atom is -0.456 e. The molecule has 2 saturated heterocycles. The van der Waals surface area contributed by atoms with Crippen LogP contribution >= 0.6 is 11.6 Å². The highest BCUT2D eigenvalue weighted by atomic mass is 35.5. The summed E-state index contributed by atoms with van der Waals surface area (Å²) in [4.78, 5) is 23.9. The number of pyridine rings is 2. The van der Waals surface area contributed by atoms with E-state index in [4.69, 9.17) is 25.8 Å². The molecule has 208 valence electrons. The van der Waals surface area contributed by atoms with Crippen LogP contribution in [0.15, 0.2) is 35.3 Å². The molecule has 2 aliphatic heterocycles. The van der Waals surface area contributed by atoms with Crippen molar-refractivity contribution in [3.8, 4) is 17.1 Å². The number of benzene rings is 1. The summed E-state index contributed by atoms with van der Waals surface area (Å²) < 4.78 is 47.8. The fourth-order valence-electron chi connectivity index (χ4n) is 6.07. The molecule has 0 amide bonds. The van der Waals surface area contributed by atoms with Crippen molar-refractivity contribution in [2.75, 3.05) is 13.2 Å². The van der Waals surface area contributed by atoms with Gasteiger partial charge in [-0.2, -0.15) is 4.98 Å². The Bertz CT molecular complexity index is 1680. The van der Waals surface area contributed by atoms with Crippen molar-refractivity contribution in [3.63, 3.8) is 0 Å². The zero-order valence-electron chi connectivity index (χ0n) is 21.4. The van der Waals surface area contributed by atoms with E-state index in [2.05, 4.69) is 15.0 Å². The van der Waals surface area contributed by atoms with Gasteiger partial charge < -0.3 is 28.9 Å². The van der Waals surface area contributed by atoms with E-state index in [9.17, 15) is 14.3 Å². The van der Waals surface area contributed by atoms with Gasteiger partial charge in [0.2, 0.25) is 0 Å². The highest BCUT2D eigenvalue weighted by molar-refractivity contribution is 6.31. The largest absolute Gasteiger partial charge is 0.456 e. The maximum absolute atomic E-state index is 15.5. The number of nitrogens with one attached hydrogen (secondary N) is 1. The van der Waals surface area contributed by atoms with Gasteiger partial charge in [0.1, 0.15) is 24.1 Å². The van der Waals surface area contributed by atoms with Crippen LogP contribution in [0.4, 0.5) is 8.78 Å². The third-order valence-corrected chi connectivity index (χ3v) is 8.35. The fraction of sp³-hybridized carbons (Fsp3) is 0.393. The normalized spacial score (nSPS) is 25.5. The monoisotopic (exact) mass is 570 g/mol. The van der Waals surface area contributed by atoms with E-state index in [-0.39, 0.29) is 37.1 Å². The van der Waals surface area contributed by atoms with E-state index >= 15 is 4.39 Å². The SMILES string of the molecule is Cn1cc(-c2cc(F)c3c(c2)CC[C@@H]3Cc2nc3nc(O[C@@H]4CO[C@H]5[C@@H]4OC[C@H]5O)[nH]c3cc2Cl)cc(F)c1=O. The van der Waals surface area contributed by atoms with E-state index in [1.165, 1.54) is 19.3 Å². The van der Waals surface area contributed by atoms with E-state index in [0.29, 0.717) is 57.8 Å². The predicted octanol–water partition coefficient (Wildman–Crippen LogP) is 3.43. The molecule has 12 heteroatoms. The molecule has 1 aliphatic carbocycles. The number of fused-ring (bicyclic) bond motifs is 3. The second kappa shape index (κ2) is 9.62. The molecule has 2 fully saturated rings. The van der Waals surface area contributed by atoms with Gasteiger partial charge in [-0.3, -0.25) is 4.79 Å². The Morgan fingerprint density at radius 1 is 1.12 bits per heavy atom. The number of ether oxygens (including phenoxy) is 3. The summed E-state index contributed by atoms with van der Waals surface area (Å²) in [6.07, 6.45) is 1.40.